The van der Waals surface area contributed by atoms with Gasteiger partial charge in [-0.05, 0) is 42.7 Å². The van der Waals surface area contributed by atoms with Crippen molar-refractivity contribution < 1.29 is 13.9 Å². The maximum atomic E-state index is 13.1. The number of methoxy groups -OCH3 is 1. The number of nitrogens with one attached hydrogen (secondary N) is 2. The minimum Gasteiger partial charge on any atom is -0.367 e. The van der Waals surface area contributed by atoms with Crippen LogP contribution in [0.2, 0.25) is 0 Å². The van der Waals surface area contributed by atoms with Crippen LogP contribution in [0.15, 0.2) is 36.5 Å². The third-order valence-electron chi connectivity index (χ3n) is 4.92. The van der Waals surface area contributed by atoms with Crippen molar-refractivity contribution in [3.63, 3.8) is 0 Å². The van der Waals surface area contributed by atoms with Gasteiger partial charge in [0.2, 0.25) is 10.3 Å². The van der Waals surface area contributed by atoms with Crippen LogP contribution in [0, 0.1) is 12.7 Å². The van der Waals surface area contributed by atoms with Crippen molar-refractivity contribution in [2.75, 3.05) is 35.7 Å². The zero-order chi connectivity index (χ0) is 21.8. The van der Waals surface area contributed by atoms with E-state index in [1.165, 1.54) is 42.7 Å². The number of carbonyl (C=O) groups is 1. The number of rotatable bonds is 7. The Morgan fingerprint density at radius 3 is 2.77 bits per heavy atom. The van der Waals surface area contributed by atoms with E-state index in [1.54, 1.807) is 6.20 Å². The summed E-state index contributed by atoms with van der Waals surface area (Å²) in [5.74, 6) is 0.0848. The minimum atomic E-state index is -0.875. The molecule has 1 unspecified atom stereocenters. The summed E-state index contributed by atoms with van der Waals surface area (Å²) in [5.41, 5.74) is 1.62. The molecule has 1 fully saturated rings. The molecule has 1 aliphatic rings. The minimum absolute atomic E-state index is 0.185. The van der Waals surface area contributed by atoms with Gasteiger partial charge in [0.1, 0.15) is 5.82 Å². The van der Waals surface area contributed by atoms with Crippen LogP contribution >= 0.6 is 11.3 Å². The van der Waals surface area contributed by atoms with E-state index in [1.807, 2.05) is 13.0 Å². The second-order valence-electron chi connectivity index (χ2n) is 7.24. The molecular weight excluding hydrogens is 421 g/mol. The molecule has 2 aromatic heterocycles. The van der Waals surface area contributed by atoms with Gasteiger partial charge in [-0.25, -0.2) is 4.39 Å². The van der Waals surface area contributed by atoms with Crippen LogP contribution in [0.4, 0.5) is 20.5 Å². The highest BCUT2D eigenvalue weighted by Crippen LogP contribution is 2.26. The number of aryl methyl sites for hydroxylation is 1. The first-order valence-electron chi connectivity index (χ1n) is 9.75. The smallest absolute Gasteiger partial charge is 0.259 e. The van der Waals surface area contributed by atoms with Crippen LogP contribution in [-0.2, 0) is 9.53 Å². The van der Waals surface area contributed by atoms with Crippen molar-refractivity contribution >= 4 is 33.3 Å². The van der Waals surface area contributed by atoms with E-state index < -0.39 is 12.0 Å². The molecule has 0 bridgehead atoms. The van der Waals surface area contributed by atoms with E-state index >= 15 is 0 Å². The zero-order valence-corrected chi connectivity index (χ0v) is 17.9. The predicted octanol–water partition coefficient (Wildman–Crippen LogP) is 2.79. The molecule has 1 amide bonds. The van der Waals surface area contributed by atoms with Gasteiger partial charge < -0.3 is 15.0 Å². The van der Waals surface area contributed by atoms with E-state index in [-0.39, 0.29) is 11.9 Å². The van der Waals surface area contributed by atoms with Crippen LogP contribution in [-0.4, -0.2) is 52.5 Å². The van der Waals surface area contributed by atoms with Gasteiger partial charge in [0.15, 0.2) is 11.9 Å². The second kappa shape index (κ2) is 9.31. The van der Waals surface area contributed by atoms with Crippen LogP contribution in [0.3, 0.4) is 0 Å². The normalized spacial score (nSPS) is 16.9. The van der Waals surface area contributed by atoms with Crippen molar-refractivity contribution in [3.8, 4) is 0 Å². The number of nitrogens with zero attached hydrogens (tertiary/aromatic N) is 5. The summed E-state index contributed by atoms with van der Waals surface area (Å²) in [7, 11) is 1.42. The van der Waals surface area contributed by atoms with E-state index in [4.69, 9.17) is 4.74 Å². The molecule has 1 aromatic carbocycles. The fraction of sp³-hybridized carbons (Fsp3) is 0.350. The number of ether oxygens (including phenoxy) is 1. The molecule has 0 radical (unpaired) electrons. The van der Waals surface area contributed by atoms with Gasteiger partial charge in [-0.15, -0.1) is 15.3 Å². The topological polar surface area (TPSA) is 105 Å². The first-order valence-corrected chi connectivity index (χ1v) is 10.6. The maximum absolute atomic E-state index is 13.1. The number of carbonyl (C=O) groups excluding carboxylic acids is 1. The van der Waals surface area contributed by atoms with E-state index in [0.717, 1.165) is 30.9 Å². The van der Waals surface area contributed by atoms with E-state index in [2.05, 4.69) is 35.9 Å². The molecule has 0 aliphatic carbocycles. The highest BCUT2D eigenvalue weighted by Gasteiger charge is 2.25. The van der Waals surface area contributed by atoms with E-state index in [0.29, 0.717) is 15.8 Å². The molecule has 2 atom stereocenters. The van der Waals surface area contributed by atoms with Crippen LogP contribution in [0.25, 0.3) is 0 Å². The van der Waals surface area contributed by atoms with Gasteiger partial charge >= 0.3 is 0 Å². The fourth-order valence-corrected chi connectivity index (χ4v) is 4.12. The average molecular weight is 444 g/mol. The Bertz CT molecular complexity index is 1050. The van der Waals surface area contributed by atoms with Crippen molar-refractivity contribution in [2.45, 2.75) is 25.5 Å². The summed E-state index contributed by atoms with van der Waals surface area (Å²) < 4.78 is 18.4. The number of hydrogen-bond acceptors (Lipinski definition) is 9. The number of hydrogen-bond donors (Lipinski definition) is 2. The standard InChI is InChI=1S/C20H22FN7O2S/c1-12-9-16(25-22-10-12)28-8-7-15(11-28)23-19-26-27-20(31-19)24-18(29)17(30-2)13-3-5-14(21)6-4-13/h3-6,9-10,15,17H,7-8,11H2,1-2H3,(H,23,26)(H,24,27,29)/t15-,17?/m1/s1. The molecule has 4 rings (SSSR count). The zero-order valence-electron chi connectivity index (χ0n) is 17.1. The highest BCUT2D eigenvalue weighted by atomic mass is 32.1. The van der Waals surface area contributed by atoms with Gasteiger partial charge in [0.05, 0.1) is 6.20 Å². The fourth-order valence-electron chi connectivity index (χ4n) is 3.40. The molecule has 3 aromatic rings. The number of amides is 1. The lowest BCUT2D eigenvalue weighted by Crippen LogP contribution is -2.26. The Hall–Kier alpha value is -3.18. The third kappa shape index (κ3) is 5.12. The number of aromatic nitrogens is 4. The van der Waals surface area contributed by atoms with Gasteiger partial charge in [-0.3, -0.25) is 10.1 Å². The van der Waals surface area contributed by atoms with Gasteiger partial charge in [0, 0.05) is 26.2 Å². The summed E-state index contributed by atoms with van der Waals surface area (Å²) in [6.45, 7) is 3.63. The van der Waals surface area contributed by atoms with Gasteiger partial charge in [-0.2, -0.15) is 5.10 Å². The highest BCUT2D eigenvalue weighted by molar-refractivity contribution is 7.19. The lowest BCUT2D eigenvalue weighted by molar-refractivity contribution is -0.126. The molecule has 31 heavy (non-hydrogen) atoms. The Morgan fingerprint density at radius 1 is 1.26 bits per heavy atom. The van der Waals surface area contributed by atoms with Crippen LogP contribution in [0.1, 0.15) is 23.7 Å². The van der Waals surface area contributed by atoms with Crippen LogP contribution in [0.5, 0.6) is 0 Å². The molecular formula is C20H22FN7O2S. The van der Waals surface area contributed by atoms with Crippen molar-refractivity contribution in [1.29, 1.82) is 0 Å². The molecule has 162 valence electrons. The summed E-state index contributed by atoms with van der Waals surface area (Å²) in [6, 6.07) is 7.80. The van der Waals surface area contributed by atoms with Crippen LogP contribution < -0.4 is 15.5 Å². The monoisotopic (exact) mass is 443 g/mol. The SMILES string of the molecule is COC(C(=O)Nc1nnc(N[C@@H]2CCN(c3cc(C)cnn3)C2)s1)c1ccc(F)cc1. The summed E-state index contributed by atoms with van der Waals surface area (Å²) in [5, 5.41) is 23.4. The van der Waals surface area contributed by atoms with Crippen molar-refractivity contribution in [1.82, 2.24) is 20.4 Å². The Kier molecular flexibility index (Phi) is 6.33. The Labute approximate surface area is 182 Å². The number of halogens is 1. The summed E-state index contributed by atoms with van der Waals surface area (Å²) >= 11 is 1.25. The van der Waals surface area contributed by atoms with E-state index in [9.17, 15) is 9.18 Å². The lowest BCUT2D eigenvalue weighted by Gasteiger charge is -2.17. The first kappa shape index (κ1) is 21.1. The Balaban J connectivity index is 1.34. The van der Waals surface area contributed by atoms with Gasteiger partial charge in [-0.1, -0.05) is 23.5 Å². The quantitative estimate of drug-likeness (QED) is 0.574. The first-order chi connectivity index (χ1) is 15.0. The third-order valence-corrected chi connectivity index (χ3v) is 5.69. The molecule has 3 heterocycles. The average Bonchev–Trinajstić information content (AvgIpc) is 3.40. The van der Waals surface area contributed by atoms with Crippen molar-refractivity contribution in [2.24, 2.45) is 0 Å². The lowest BCUT2D eigenvalue weighted by atomic mass is 10.1. The number of benzene rings is 1. The van der Waals surface area contributed by atoms with Crippen molar-refractivity contribution in [3.05, 3.63) is 53.5 Å². The molecule has 0 saturated carbocycles. The summed E-state index contributed by atoms with van der Waals surface area (Å²) in [4.78, 5) is 14.8. The van der Waals surface area contributed by atoms with Gasteiger partial charge in [0.25, 0.3) is 5.91 Å². The maximum Gasteiger partial charge on any atom is 0.259 e. The molecule has 11 heteroatoms. The molecule has 9 nitrogen and oxygen atoms in total. The molecule has 0 spiro atoms. The molecule has 2 N–H and O–H groups in total. The second-order valence-corrected chi connectivity index (χ2v) is 8.21. The largest absolute Gasteiger partial charge is 0.367 e. The predicted molar refractivity (Wildman–Crippen MR) is 116 cm³/mol. The summed E-state index contributed by atoms with van der Waals surface area (Å²) in [6.07, 6.45) is 1.78. The molecule has 1 aliphatic heterocycles. The Morgan fingerprint density at radius 2 is 2.03 bits per heavy atom. The number of anilines is 3. The molecule has 1 saturated heterocycles.